The first kappa shape index (κ1) is 12.5. The molecule has 0 saturated heterocycles. The normalized spacial score (nSPS) is 12.3. The lowest BCUT2D eigenvalue weighted by Crippen LogP contribution is -2.34. The minimum atomic E-state index is -0.313. The minimum absolute atomic E-state index is 0.253. The Morgan fingerprint density at radius 3 is 3.06 bits per heavy atom. The Hall–Kier alpha value is -1.94. The quantitative estimate of drug-likeness (QED) is 0.834. The average molecular weight is 244 g/mol. The average Bonchev–Trinajstić information content (AvgIpc) is 2.43. The number of hydrogen-bond donors (Lipinski definition) is 1. The molecule has 0 aliphatic heterocycles. The van der Waals surface area contributed by atoms with Crippen molar-refractivity contribution in [2.45, 2.75) is 19.5 Å². The van der Waals surface area contributed by atoms with Gasteiger partial charge in [0.2, 0.25) is 0 Å². The smallest absolute Gasteiger partial charge is 0.322 e. The van der Waals surface area contributed by atoms with E-state index in [1.54, 1.807) is 13.1 Å². The van der Waals surface area contributed by atoms with Gasteiger partial charge in [0.25, 0.3) is 0 Å². The molecule has 0 fully saturated rings. The molecule has 1 N–H and O–H groups in total. The number of methoxy groups -OCH3 is 1. The molecule has 4 heteroatoms. The van der Waals surface area contributed by atoms with Crippen molar-refractivity contribution in [3.63, 3.8) is 0 Å². The molecule has 0 unspecified atom stereocenters. The zero-order valence-electron chi connectivity index (χ0n) is 10.5. The number of carbonyl (C=O) groups excluding carboxylic acids is 1. The maximum atomic E-state index is 11.3. The Morgan fingerprint density at radius 1 is 1.44 bits per heavy atom. The van der Waals surface area contributed by atoms with Crippen LogP contribution in [-0.4, -0.2) is 24.1 Å². The summed E-state index contributed by atoms with van der Waals surface area (Å²) in [6, 6.07) is 7.72. The molecule has 0 radical (unpaired) electrons. The van der Waals surface area contributed by atoms with Crippen molar-refractivity contribution in [2.75, 3.05) is 7.11 Å². The third kappa shape index (κ3) is 2.65. The van der Waals surface area contributed by atoms with Gasteiger partial charge in [-0.25, -0.2) is 0 Å². The van der Waals surface area contributed by atoms with E-state index in [2.05, 4.69) is 15.0 Å². The van der Waals surface area contributed by atoms with E-state index >= 15 is 0 Å². The summed E-state index contributed by atoms with van der Waals surface area (Å²) in [6.45, 7) is 2.41. The zero-order valence-corrected chi connectivity index (χ0v) is 10.5. The predicted molar refractivity (Wildman–Crippen MR) is 70.1 cm³/mol. The first-order chi connectivity index (χ1) is 8.72. The van der Waals surface area contributed by atoms with Gasteiger partial charge in [0, 0.05) is 24.3 Å². The maximum absolute atomic E-state index is 11.3. The van der Waals surface area contributed by atoms with Crippen LogP contribution in [0.4, 0.5) is 0 Å². The number of pyridine rings is 1. The number of carbonyl (C=O) groups is 1. The van der Waals surface area contributed by atoms with Gasteiger partial charge in [-0.2, -0.15) is 0 Å². The molecule has 0 spiro atoms. The molecule has 1 aromatic carbocycles. The molecule has 1 atom stereocenters. The Labute approximate surface area is 106 Å². The van der Waals surface area contributed by atoms with Crippen LogP contribution in [0.5, 0.6) is 0 Å². The lowest BCUT2D eigenvalue weighted by Gasteiger charge is -2.12. The molecule has 0 saturated carbocycles. The summed E-state index contributed by atoms with van der Waals surface area (Å²) in [6.07, 6.45) is 3.61. The number of nitrogens with one attached hydrogen (secondary N) is 1. The molecule has 1 aromatic heterocycles. The van der Waals surface area contributed by atoms with Gasteiger partial charge in [-0.05, 0) is 23.9 Å². The first-order valence-electron chi connectivity index (χ1n) is 5.85. The van der Waals surface area contributed by atoms with Gasteiger partial charge in [0.1, 0.15) is 6.04 Å². The number of aromatic nitrogens is 1. The number of rotatable bonds is 4. The van der Waals surface area contributed by atoms with Crippen molar-refractivity contribution in [1.82, 2.24) is 10.3 Å². The van der Waals surface area contributed by atoms with Crippen molar-refractivity contribution in [3.8, 4) is 0 Å². The Morgan fingerprint density at radius 2 is 2.28 bits per heavy atom. The summed E-state index contributed by atoms with van der Waals surface area (Å²) in [5.74, 6) is -0.253. The number of benzene rings is 1. The second-order valence-corrected chi connectivity index (χ2v) is 4.14. The van der Waals surface area contributed by atoms with Crippen LogP contribution in [-0.2, 0) is 16.1 Å². The van der Waals surface area contributed by atoms with Crippen LogP contribution >= 0.6 is 0 Å². The van der Waals surface area contributed by atoms with Crippen LogP contribution < -0.4 is 5.32 Å². The van der Waals surface area contributed by atoms with Gasteiger partial charge in [0.15, 0.2) is 0 Å². The molecule has 18 heavy (non-hydrogen) atoms. The summed E-state index contributed by atoms with van der Waals surface area (Å²) < 4.78 is 4.68. The molecule has 1 heterocycles. The molecule has 94 valence electrons. The molecule has 2 aromatic rings. The highest BCUT2D eigenvalue weighted by atomic mass is 16.5. The topological polar surface area (TPSA) is 51.2 Å². The largest absolute Gasteiger partial charge is 0.468 e. The predicted octanol–water partition coefficient (Wildman–Crippen LogP) is 1.89. The SMILES string of the molecule is COC(=O)[C@H](C)NCc1cccc2cnccc12. The summed E-state index contributed by atoms with van der Waals surface area (Å²) in [4.78, 5) is 15.4. The summed E-state index contributed by atoms with van der Waals surface area (Å²) in [7, 11) is 1.39. The molecule has 0 aliphatic carbocycles. The first-order valence-corrected chi connectivity index (χ1v) is 5.85. The fourth-order valence-electron chi connectivity index (χ4n) is 1.87. The summed E-state index contributed by atoms with van der Waals surface area (Å²) >= 11 is 0. The molecule has 0 amide bonds. The number of hydrogen-bond acceptors (Lipinski definition) is 4. The van der Waals surface area contributed by atoms with Gasteiger partial charge in [-0.15, -0.1) is 0 Å². The Balaban J connectivity index is 2.15. The van der Waals surface area contributed by atoms with Crippen molar-refractivity contribution in [2.24, 2.45) is 0 Å². The number of esters is 1. The van der Waals surface area contributed by atoms with Crippen LogP contribution in [0, 0.1) is 0 Å². The highest BCUT2D eigenvalue weighted by Gasteiger charge is 2.12. The third-order valence-corrected chi connectivity index (χ3v) is 2.92. The lowest BCUT2D eigenvalue weighted by atomic mass is 10.1. The summed E-state index contributed by atoms with van der Waals surface area (Å²) in [5.41, 5.74) is 1.14. The van der Waals surface area contributed by atoms with E-state index in [0.717, 1.165) is 16.3 Å². The van der Waals surface area contributed by atoms with E-state index in [1.165, 1.54) is 7.11 Å². The Bertz CT molecular complexity index is 549. The summed E-state index contributed by atoms with van der Waals surface area (Å²) in [5, 5.41) is 5.40. The van der Waals surface area contributed by atoms with Gasteiger partial charge >= 0.3 is 5.97 Å². The second kappa shape index (κ2) is 5.60. The van der Waals surface area contributed by atoms with Gasteiger partial charge < -0.3 is 10.1 Å². The van der Waals surface area contributed by atoms with Crippen molar-refractivity contribution >= 4 is 16.7 Å². The molecule has 0 aliphatic rings. The van der Waals surface area contributed by atoms with E-state index in [1.807, 2.05) is 30.5 Å². The minimum Gasteiger partial charge on any atom is -0.468 e. The fourth-order valence-corrected chi connectivity index (χ4v) is 1.87. The van der Waals surface area contributed by atoms with Gasteiger partial charge in [0.05, 0.1) is 7.11 Å². The highest BCUT2D eigenvalue weighted by Crippen LogP contribution is 2.17. The van der Waals surface area contributed by atoms with Crippen LogP contribution in [0.25, 0.3) is 10.8 Å². The number of nitrogens with zero attached hydrogens (tertiary/aromatic N) is 1. The van der Waals surface area contributed by atoms with E-state index in [0.29, 0.717) is 6.54 Å². The Kier molecular flexibility index (Phi) is 3.89. The van der Waals surface area contributed by atoms with Crippen LogP contribution in [0.1, 0.15) is 12.5 Å². The van der Waals surface area contributed by atoms with E-state index in [4.69, 9.17) is 0 Å². The van der Waals surface area contributed by atoms with Crippen LogP contribution in [0.15, 0.2) is 36.7 Å². The third-order valence-electron chi connectivity index (χ3n) is 2.92. The second-order valence-electron chi connectivity index (χ2n) is 4.14. The van der Waals surface area contributed by atoms with Crippen molar-refractivity contribution < 1.29 is 9.53 Å². The lowest BCUT2D eigenvalue weighted by molar-refractivity contribution is -0.142. The monoisotopic (exact) mass is 244 g/mol. The molecule has 0 bridgehead atoms. The van der Waals surface area contributed by atoms with Crippen molar-refractivity contribution in [1.29, 1.82) is 0 Å². The maximum Gasteiger partial charge on any atom is 0.322 e. The van der Waals surface area contributed by atoms with Crippen LogP contribution in [0.3, 0.4) is 0 Å². The van der Waals surface area contributed by atoms with Crippen LogP contribution in [0.2, 0.25) is 0 Å². The fraction of sp³-hybridized carbons (Fsp3) is 0.286. The van der Waals surface area contributed by atoms with E-state index in [-0.39, 0.29) is 12.0 Å². The van der Waals surface area contributed by atoms with Gasteiger partial charge in [-0.3, -0.25) is 9.78 Å². The van der Waals surface area contributed by atoms with E-state index in [9.17, 15) is 4.79 Å². The van der Waals surface area contributed by atoms with Gasteiger partial charge in [-0.1, -0.05) is 18.2 Å². The van der Waals surface area contributed by atoms with Crippen molar-refractivity contribution in [3.05, 3.63) is 42.2 Å². The zero-order chi connectivity index (χ0) is 13.0. The molecular formula is C14H16N2O2. The number of ether oxygens (including phenoxy) is 1. The standard InChI is InChI=1S/C14H16N2O2/c1-10(14(17)18-2)16-9-12-5-3-4-11-8-15-7-6-13(11)12/h3-8,10,16H,9H2,1-2H3/t10-/m0/s1. The van der Waals surface area contributed by atoms with E-state index < -0.39 is 0 Å². The molecular weight excluding hydrogens is 228 g/mol. The number of fused-ring (bicyclic) bond motifs is 1. The highest BCUT2D eigenvalue weighted by molar-refractivity contribution is 5.84. The molecule has 2 rings (SSSR count). The molecule has 4 nitrogen and oxygen atoms in total.